The average Bonchev–Trinajstić information content (AvgIpc) is 2.55. The zero-order valence-electron chi connectivity index (χ0n) is 15.2. The number of anilines is 1. The van der Waals surface area contributed by atoms with Crippen LogP contribution in [0.2, 0.25) is 0 Å². The summed E-state index contributed by atoms with van der Waals surface area (Å²) in [6, 6.07) is 4.00. The molecule has 0 heterocycles. The van der Waals surface area contributed by atoms with Crippen molar-refractivity contribution in [1.29, 1.82) is 0 Å². The first kappa shape index (κ1) is 23.8. The predicted molar refractivity (Wildman–Crippen MR) is 102 cm³/mol. The molecule has 0 aromatic heterocycles. The lowest BCUT2D eigenvalue weighted by Gasteiger charge is -2.17. The number of nitrogens with zero attached hydrogens (tertiary/aromatic N) is 1. The number of carbonyl (C=O) groups excluding carboxylic acids is 2. The van der Waals surface area contributed by atoms with E-state index in [1.807, 2.05) is 0 Å². The number of rotatable bonds is 10. The van der Waals surface area contributed by atoms with Crippen LogP contribution >= 0.6 is 0 Å². The summed E-state index contributed by atoms with van der Waals surface area (Å²) in [5.74, 6) is -2.06. The average molecular weight is 437 g/mol. The molecule has 0 saturated carbocycles. The van der Waals surface area contributed by atoms with E-state index in [-0.39, 0.29) is 42.7 Å². The van der Waals surface area contributed by atoms with E-state index in [1.54, 1.807) is 0 Å². The molecule has 0 spiro atoms. The zero-order valence-corrected chi connectivity index (χ0v) is 16.8. The highest BCUT2D eigenvalue weighted by atomic mass is 32.2. The van der Waals surface area contributed by atoms with Gasteiger partial charge in [-0.15, -0.1) is 0 Å². The molecule has 0 saturated heterocycles. The van der Waals surface area contributed by atoms with E-state index in [2.05, 4.69) is 5.32 Å². The van der Waals surface area contributed by atoms with E-state index in [0.29, 0.717) is 0 Å². The molecule has 0 atom stereocenters. The highest BCUT2D eigenvalue weighted by molar-refractivity contribution is 7.86. The van der Waals surface area contributed by atoms with E-state index in [1.165, 1.54) is 30.1 Å². The molecule has 5 N–H and O–H groups in total. The third kappa shape index (κ3) is 9.12. The zero-order chi connectivity index (χ0) is 21.5. The number of carbonyl (C=O) groups is 2. The van der Waals surface area contributed by atoms with Gasteiger partial charge in [-0.25, -0.2) is 0 Å². The summed E-state index contributed by atoms with van der Waals surface area (Å²) in [4.78, 5) is 25.8. The minimum atomic E-state index is -4.12. The fourth-order valence-electron chi connectivity index (χ4n) is 2.27. The van der Waals surface area contributed by atoms with Crippen LogP contribution in [0.5, 0.6) is 0 Å². The highest BCUT2D eigenvalue weighted by Crippen LogP contribution is 2.14. The van der Waals surface area contributed by atoms with Crippen molar-refractivity contribution in [1.82, 2.24) is 10.2 Å². The molecule has 0 aliphatic carbocycles. The summed E-state index contributed by atoms with van der Waals surface area (Å²) in [5.41, 5.74) is 6.08. The number of hydrogen-bond acceptors (Lipinski definition) is 7. The molecule has 158 valence electrons. The highest BCUT2D eigenvalue weighted by Gasteiger charge is 2.16. The van der Waals surface area contributed by atoms with Gasteiger partial charge in [0.2, 0.25) is 0 Å². The van der Waals surface area contributed by atoms with Crippen LogP contribution in [-0.4, -0.2) is 74.3 Å². The van der Waals surface area contributed by atoms with E-state index in [0.717, 1.165) is 0 Å². The van der Waals surface area contributed by atoms with E-state index < -0.39 is 43.6 Å². The van der Waals surface area contributed by atoms with Crippen molar-refractivity contribution in [2.24, 2.45) is 0 Å². The maximum absolute atomic E-state index is 12.4. The topological polar surface area (TPSA) is 184 Å². The number of nitrogen functional groups attached to an aromatic ring is 1. The smallest absolute Gasteiger partial charge is 0.264 e. The minimum absolute atomic E-state index is 0.00770. The molecule has 0 radical (unpaired) electrons. The first-order valence-corrected chi connectivity index (χ1v) is 11.3. The lowest BCUT2D eigenvalue weighted by Crippen LogP contribution is -2.30. The maximum Gasteiger partial charge on any atom is 0.264 e. The Morgan fingerprint density at radius 3 is 2.11 bits per heavy atom. The van der Waals surface area contributed by atoms with E-state index >= 15 is 0 Å². The van der Waals surface area contributed by atoms with Gasteiger partial charge in [0.25, 0.3) is 32.1 Å². The molecule has 0 unspecified atom stereocenters. The molecule has 1 aromatic rings. The molecule has 1 aromatic carbocycles. The Kier molecular flexibility index (Phi) is 8.35. The van der Waals surface area contributed by atoms with Crippen LogP contribution in [0.4, 0.5) is 5.69 Å². The van der Waals surface area contributed by atoms with Crippen LogP contribution in [0.25, 0.3) is 0 Å². The molecule has 0 aliphatic rings. The predicted octanol–water partition coefficient (Wildman–Crippen LogP) is -0.374. The normalized spacial score (nSPS) is 11.8. The molecule has 11 nitrogen and oxygen atoms in total. The Labute approximate surface area is 163 Å². The van der Waals surface area contributed by atoms with Gasteiger partial charge in [-0.3, -0.25) is 18.7 Å². The maximum atomic E-state index is 12.4. The Hall–Kier alpha value is -2.22. The van der Waals surface area contributed by atoms with Crippen molar-refractivity contribution >= 4 is 37.7 Å². The summed E-state index contributed by atoms with van der Waals surface area (Å²) in [6.45, 7) is 0.0524. The summed E-state index contributed by atoms with van der Waals surface area (Å²) in [7, 11) is -6.80. The Morgan fingerprint density at radius 1 is 1.00 bits per heavy atom. The monoisotopic (exact) mass is 437 g/mol. The quantitative estimate of drug-likeness (QED) is 0.215. The second kappa shape index (κ2) is 9.82. The summed E-state index contributed by atoms with van der Waals surface area (Å²) >= 11 is 0. The van der Waals surface area contributed by atoms with Crippen molar-refractivity contribution in [2.75, 3.05) is 37.4 Å². The van der Waals surface area contributed by atoms with Crippen LogP contribution in [0.1, 0.15) is 33.6 Å². The molecule has 0 aliphatic heterocycles. The second-order valence-corrected chi connectivity index (χ2v) is 9.25. The molecule has 13 heteroatoms. The molecular formula is C15H23N3O8S2. The van der Waals surface area contributed by atoms with Crippen molar-refractivity contribution < 1.29 is 35.5 Å². The molecule has 2 amide bonds. The fourth-order valence-corrected chi connectivity index (χ4v) is 3.27. The fraction of sp³-hybridized carbons (Fsp3) is 0.467. The largest absolute Gasteiger partial charge is 0.399 e. The van der Waals surface area contributed by atoms with Gasteiger partial charge in [-0.2, -0.15) is 16.8 Å². The van der Waals surface area contributed by atoms with Crippen molar-refractivity contribution in [3.8, 4) is 0 Å². The van der Waals surface area contributed by atoms with Gasteiger partial charge in [-0.05, 0) is 31.0 Å². The molecule has 1 rings (SSSR count). The first-order chi connectivity index (χ1) is 12.8. The van der Waals surface area contributed by atoms with Crippen LogP contribution in [0, 0.1) is 0 Å². The third-order valence-electron chi connectivity index (χ3n) is 3.57. The number of nitrogens with one attached hydrogen (secondary N) is 1. The molecule has 28 heavy (non-hydrogen) atoms. The molecular weight excluding hydrogens is 414 g/mol. The standard InChI is InChI=1S/C15H23N3O8S2/c1-18(5-3-7-28(24,25)26)15(20)12-8-11(9-13(16)10-12)14(19)17-4-2-6-27(21,22)23/h8-10H,2-7,16H2,1H3,(H,17,19)(H,21,22,23)(H,24,25,26). The van der Waals surface area contributed by atoms with Gasteiger partial charge in [0.1, 0.15) is 0 Å². The van der Waals surface area contributed by atoms with Gasteiger partial charge in [0.05, 0.1) is 11.5 Å². The molecule has 0 bridgehead atoms. The lowest BCUT2D eigenvalue weighted by atomic mass is 10.1. The van der Waals surface area contributed by atoms with Gasteiger partial charge >= 0.3 is 0 Å². The Balaban J connectivity index is 2.75. The van der Waals surface area contributed by atoms with Crippen LogP contribution in [0.15, 0.2) is 18.2 Å². The third-order valence-corrected chi connectivity index (χ3v) is 5.18. The first-order valence-electron chi connectivity index (χ1n) is 8.13. The SMILES string of the molecule is CN(CCCS(=O)(=O)O)C(=O)c1cc(N)cc(C(=O)NCCCS(=O)(=O)O)c1. The van der Waals surface area contributed by atoms with Gasteiger partial charge < -0.3 is 16.0 Å². The van der Waals surface area contributed by atoms with E-state index in [4.69, 9.17) is 14.8 Å². The number of hydrogen-bond donors (Lipinski definition) is 4. The Bertz CT molecular complexity index is 929. The van der Waals surface area contributed by atoms with Crippen molar-refractivity contribution in [2.45, 2.75) is 12.8 Å². The van der Waals surface area contributed by atoms with Gasteiger partial charge in [0.15, 0.2) is 0 Å². The van der Waals surface area contributed by atoms with Gasteiger partial charge in [-0.1, -0.05) is 0 Å². The summed E-state index contributed by atoms with van der Waals surface area (Å²) < 4.78 is 60.1. The Morgan fingerprint density at radius 2 is 1.54 bits per heavy atom. The van der Waals surface area contributed by atoms with E-state index in [9.17, 15) is 26.4 Å². The van der Waals surface area contributed by atoms with Crippen molar-refractivity contribution in [3.05, 3.63) is 29.3 Å². The summed E-state index contributed by atoms with van der Waals surface area (Å²) in [6.07, 6.45) is 0.0413. The number of benzene rings is 1. The second-order valence-electron chi connectivity index (χ2n) is 6.11. The summed E-state index contributed by atoms with van der Waals surface area (Å²) in [5, 5.41) is 2.46. The van der Waals surface area contributed by atoms with Crippen LogP contribution < -0.4 is 11.1 Å². The van der Waals surface area contributed by atoms with Crippen LogP contribution in [-0.2, 0) is 20.2 Å². The van der Waals surface area contributed by atoms with Gasteiger partial charge in [0, 0.05) is 37.0 Å². The van der Waals surface area contributed by atoms with Crippen LogP contribution in [0.3, 0.4) is 0 Å². The lowest BCUT2D eigenvalue weighted by molar-refractivity contribution is 0.0795. The molecule has 0 fully saturated rings. The number of amides is 2. The van der Waals surface area contributed by atoms with Crippen molar-refractivity contribution in [3.63, 3.8) is 0 Å². The minimum Gasteiger partial charge on any atom is -0.399 e. The number of nitrogens with two attached hydrogens (primary N) is 1.